The Morgan fingerprint density at radius 1 is 1.08 bits per heavy atom. The van der Waals surface area contributed by atoms with Crippen LogP contribution in [-0.4, -0.2) is 64.4 Å². The summed E-state index contributed by atoms with van der Waals surface area (Å²) in [5, 5.41) is 23.7. The van der Waals surface area contributed by atoms with E-state index in [9.17, 15) is 19.8 Å². The van der Waals surface area contributed by atoms with Crippen molar-refractivity contribution in [2.75, 3.05) is 13.2 Å². The molecule has 8 heteroatoms. The van der Waals surface area contributed by atoms with Crippen LogP contribution in [0.1, 0.15) is 90.4 Å². The van der Waals surface area contributed by atoms with E-state index < -0.39 is 18.2 Å². The number of nitrogens with zero attached hydrogens (tertiary/aromatic N) is 1. The number of halogens is 1. The maximum atomic E-state index is 13.8. The third-order valence-corrected chi connectivity index (χ3v) is 8.56. The average Bonchev–Trinajstić information content (AvgIpc) is 3.20. The smallest absolute Gasteiger partial charge is 0.247 e. The molecule has 3 atom stereocenters. The predicted molar refractivity (Wildman–Crippen MR) is 158 cm³/mol. The molecule has 0 aromatic heterocycles. The van der Waals surface area contributed by atoms with Gasteiger partial charge in [-0.05, 0) is 60.1 Å². The fourth-order valence-electron chi connectivity index (χ4n) is 5.64. The number of aliphatic hydroxyl groups excluding tert-OH is 2. The minimum atomic E-state index is -0.965. The zero-order valence-corrected chi connectivity index (χ0v) is 24.9. The van der Waals surface area contributed by atoms with E-state index >= 15 is 0 Å². The highest BCUT2D eigenvalue weighted by molar-refractivity contribution is 14.1. The number of carbonyl (C=O) groups is 2. The second kappa shape index (κ2) is 16.5. The molecule has 1 aromatic rings. The van der Waals surface area contributed by atoms with E-state index in [0.717, 1.165) is 67.8 Å². The van der Waals surface area contributed by atoms with Gasteiger partial charge in [0.15, 0.2) is 0 Å². The molecule has 3 N–H and O–H groups in total. The van der Waals surface area contributed by atoms with E-state index in [1.54, 1.807) is 6.08 Å². The van der Waals surface area contributed by atoms with Crippen LogP contribution < -0.4 is 10.1 Å². The standard InChI is InChI=1S/C30H45IN2O5/c1-2-3-4-5-10-17-28(35)33(23-13-8-6-7-9-14-23)25-20-22(30(37)32-18-19-34)21-27(29(25)36)38-26-16-12-11-15-24(26)31/h11-12,15-16,21,23,25,27,29,34,36H,2-10,13-14,17-20H2,1H3,(H,32,37)/t25-,27+,29+/m1/s1. The molecule has 0 aliphatic heterocycles. The number of rotatable bonds is 13. The van der Waals surface area contributed by atoms with Crippen molar-refractivity contribution in [3.63, 3.8) is 0 Å². The van der Waals surface area contributed by atoms with Crippen molar-refractivity contribution < 1.29 is 24.5 Å². The normalized spacial score (nSPS) is 22.3. The number of nitrogens with one attached hydrogen (secondary N) is 1. The minimum absolute atomic E-state index is 0.0534. The molecule has 1 fully saturated rings. The van der Waals surface area contributed by atoms with E-state index in [2.05, 4.69) is 34.8 Å². The Kier molecular flexibility index (Phi) is 13.4. The lowest BCUT2D eigenvalue weighted by Gasteiger charge is -2.44. The molecule has 0 radical (unpaired) electrons. The van der Waals surface area contributed by atoms with Gasteiger partial charge in [0.1, 0.15) is 18.0 Å². The Balaban J connectivity index is 1.89. The minimum Gasteiger partial charge on any atom is -0.482 e. The first-order valence-corrected chi connectivity index (χ1v) is 15.5. The van der Waals surface area contributed by atoms with Gasteiger partial charge >= 0.3 is 0 Å². The topological polar surface area (TPSA) is 99.1 Å². The molecule has 7 nitrogen and oxygen atoms in total. The van der Waals surface area contributed by atoms with Crippen molar-refractivity contribution in [2.24, 2.45) is 0 Å². The molecule has 0 saturated heterocycles. The van der Waals surface area contributed by atoms with E-state index in [4.69, 9.17) is 4.74 Å². The fraction of sp³-hybridized carbons (Fsp3) is 0.667. The molecule has 3 rings (SSSR count). The summed E-state index contributed by atoms with van der Waals surface area (Å²) in [6, 6.07) is 7.09. The van der Waals surface area contributed by atoms with Crippen molar-refractivity contribution >= 4 is 34.4 Å². The quantitative estimate of drug-likeness (QED) is 0.158. The Hall–Kier alpha value is -1.65. The molecule has 1 saturated carbocycles. The highest BCUT2D eigenvalue weighted by Crippen LogP contribution is 2.33. The van der Waals surface area contributed by atoms with Crippen molar-refractivity contribution in [1.82, 2.24) is 10.2 Å². The molecule has 0 heterocycles. The molecule has 0 bridgehead atoms. The maximum absolute atomic E-state index is 13.8. The second-order valence-electron chi connectivity index (χ2n) is 10.6. The van der Waals surface area contributed by atoms with E-state index in [0.29, 0.717) is 17.7 Å². The number of hydrogen-bond donors (Lipinski definition) is 3. The number of amides is 2. The first-order valence-electron chi connectivity index (χ1n) is 14.5. The monoisotopic (exact) mass is 640 g/mol. The van der Waals surface area contributed by atoms with Crippen LogP contribution in [0, 0.1) is 3.57 Å². The first-order chi connectivity index (χ1) is 18.5. The SMILES string of the molecule is CCCCCCCC(=O)N(C1CCCCCC1)[C@@H]1CC(C(=O)NCCO)=C[C@H](Oc2ccccc2I)[C@H]1O. The predicted octanol–water partition coefficient (Wildman–Crippen LogP) is 5.12. The summed E-state index contributed by atoms with van der Waals surface area (Å²) in [6.45, 7) is 2.17. The molecule has 1 aromatic carbocycles. The average molecular weight is 641 g/mol. The summed E-state index contributed by atoms with van der Waals surface area (Å²) < 4.78 is 7.19. The molecule has 2 amide bonds. The van der Waals surface area contributed by atoms with Gasteiger partial charge in [0.25, 0.3) is 0 Å². The van der Waals surface area contributed by atoms with Gasteiger partial charge in [-0.2, -0.15) is 0 Å². The number of para-hydroxylation sites is 1. The van der Waals surface area contributed by atoms with Gasteiger partial charge in [-0.25, -0.2) is 0 Å². The van der Waals surface area contributed by atoms with Gasteiger partial charge in [0.05, 0.1) is 16.2 Å². The Morgan fingerprint density at radius 3 is 2.47 bits per heavy atom. The second-order valence-corrected chi connectivity index (χ2v) is 11.7. The van der Waals surface area contributed by atoms with Crippen LogP contribution in [0.25, 0.3) is 0 Å². The molecule has 2 aliphatic carbocycles. The van der Waals surface area contributed by atoms with Crippen LogP contribution in [0.15, 0.2) is 35.9 Å². The lowest BCUT2D eigenvalue weighted by molar-refractivity contribution is -0.142. The summed E-state index contributed by atoms with van der Waals surface area (Å²) in [7, 11) is 0. The van der Waals surface area contributed by atoms with Crippen molar-refractivity contribution in [2.45, 2.75) is 115 Å². The van der Waals surface area contributed by atoms with Crippen molar-refractivity contribution in [3.05, 3.63) is 39.5 Å². The van der Waals surface area contributed by atoms with Gasteiger partial charge in [-0.15, -0.1) is 0 Å². The van der Waals surface area contributed by atoms with Gasteiger partial charge in [0, 0.05) is 31.0 Å². The van der Waals surface area contributed by atoms with Crippen LogP contribution in [0.3, 0.4) is 0 Å². The number of benzene rings is 1. The summed E-state index contributed by atoms with van der Waals surface area (Å²) in [4.78, 5) is 28.8. The van der Waals surface area contributed by atoms with E-state index in [-0.39, 0.29) is 37.4 Å². The van der Waals surface area contributed by atoms with Gasteiger partial charge in [0.2, 0.25) is 11.8 Å². The van der Waals surface area contributed by atoms with Crippen molar-refractivity contribution in [1.29, 1.82) is 0 Å². The Labute approximate surface area is 241 Å². The third-order valence-electron chi connectivity index (χ3n) is 7.67. The summed E-state index contributed by atoms with van der Waals surface area (Å²) >= 11 is 2.19. The van der Waals surface area contributed by atoms with Gasteiger partial charge in [-0.3, -0.25) is 9.59 Å². The van der Waals surface area contributed by atoms with Crippen LogP contribution in [0.4, 0.5) is 0 Å². The Morgan fingerprint density at radius 2 is 1.79 bits per heavy atom. The number of unbranched alkanes of at least 4 members (excludes halogenated alkanes) is 4. The number of aliphatic hydroxyl groups is 2. The lowest BCUT2D eigenvalue weighted by atomic mass is 9.86. The van der Waals surface area contributed by atoms with Gasteiger partial charge in [-0.1, -0.05) is 70.4 Å². The van der Waals surface area contributed by atoms with E-state index in [1.807, 2.05) is 29.2 Å². The molecule has 2 aliphatic rings. The third kappa shape index (κ3) is 8.95. The lowest BCUT2D eigenvalue weighted by Crippen LogP contribution is -2.58. The molecule has 38 heavy (non-hydrogen) atoms. The van der Waals surface area contributed by atoms with Crippen LogP contribution in [0.2, 0.25) is 0 Å². The molecule has 0 unspecified atom stereocenters. The maximum Gasteiger partial charge on any atom is 0.247 e. The molecular weight excluding hydrogens is 595 g/mol. The van der Waals surface area contributed by atoms with Crippen LogP contribution in [-0.2, 0) is 9.59 Å². The summed E-state index contributed by atoms with van der Waals surface area (Å²) in [5.41, 5.74) is 0.485. The zero-order valence-electron chi connectivity index (χ0n) is 22.7. The molecule has 0 spiro atoms. The largest absolute Gasteiger partial charge is 0.482 e. The van der Waals surface area contributed by atoms with Crippen LogP contribution in [0.5, 0.6) is 5.75 Å². The van der Waals surface area contributed by atoms with E-state index in [1.165, 1.54) is 6.42 Å². The zero-order chi connectivity index (χ0) is 27.3. The number of hydrogen-bond acceptors (Lipinski definition) is 5. The van der Waals surface area contributed by atoms with Crippen LogP contribution >= 0.6 is 22.6 Å². The summed E-state index contributed by atoms with van der Waals surface area (Å²) in [6.07, 6.45) is 12.3. The highest BCUT2D eigenvalue weighted by Gasteiger charge is 2.42. The Bertz CT molecular complexity index is 916. The number of ether oxygens (including phenoxy) is 1. The molecule has 212 valence electrons. The molecular formula is C30H45IN2O5. The fourth-order valence-corrected chi connectivity index (χ4v) is 6.15. The number of carbonyl (C=O) groups excluding carboxylic acids is 2. The van der Waals surface area contributed by atoms with Crippen molar-refractivity contribution in [3.8, 4) is 5.75 Å². The highest BCUT2D eigenvalue weighted by atomic mass is 127. The summed E-state index contributed by atoms with van der Waals surface area (Å²) in [5.74, 6) is 0.412. The first kappa shape index (κ1) is 30.9. The van der Waals surface area contributed by atoms with Gasteiger partial charge < -0.3 is 25.2 Å².